The minimum absolute atomic E-state index is 0.0759. The Kier molecular flexibility index (Phi) is 7.20. The van der Waals surface area contributed by atoms with Crippen molar-refractivity contribution in [1.29, 1.82) is 0 Å². The van der Waals surface area contributed by atoms with Crippen LogP contribution in [0.3, 0.4) is 0 Å². The van der Waals surface area contributed by atoms with Crippen LogP contribution in [-0.4, -0.2) is 25.2 Å². The first-order valence-electron chi connectivity index (χ1n) is 13.1. The van der Waals surface area contributed by atoms with Gasteiger partial charge in [0.05, 0.1) is 18.9 Å². The Bertz CT molecular complexity index is 1550. The molecule has 0 saturated heterocycles. The third kappa shape index (κ3) is 5.85. The fourth-order valence-corrected chi connectivity index (χ4v) is 4.74. The van der Waals surface area contributed by atoms with Gasteiger partial charge < -0.3 is 9.47 Å². The molecule has 2 atom stereocenters. The fourth-order valence-electron chi connectivity index (χ4n) is 4.74. The average Bonchev–Trinajstić information content (AvgIpc) is 3.74. The first kappa shape index (κ1) is 26.2. The van der Waals surface area contributed by atoms with Crippen LogP contribution in [-0.2, 0) is 10.2 Å². The Labute approximate surface area is 228 Å². The zero-order chi connectivity index (χ0) is 27.6. The Hall–Kier alpha value is -4.45. The van der Waals surface area contributed by atoms with Crippen molar-refractivity contribution < 1.29 is 19.1 Å². The van der Waals surface area contributed by atoms with E-state index in [1.807, 2.05) is 36.4 Å². The van der Waals surface area contributed by atoms with Gasteiger partial charge in [0.2, 0.25) is 5.91 Å². The molecule has 1 N–H and O–H groups in total. The maximum Gasteiger partial charge on any atom is 0.344 e. The fraction of sp³-hybridized carbons (Fsp3) is 0.242. The molecular weight excluding hydrogens is 488 g/mol. The summed E-state index contributed by atoms with van der Waals surface area (Å²) < 4.78 is 11.1. The Balaban J connectivity index is 1.20. The van der Waals surface area contributed by atoms with E-state index >= 15 is 0 Å². The predicted molar refractivity (Wildman–Crippen MR) is 154 cm³/mol. The van der Waals surface area contributed by atoms with E-state index in [0.717, 1.165) is 17.2 Å². The number of amides is 1. The van der Waals surface area contributed by atoms with Crippen molar-refractivity contribution in [2.45, 2.75) is 38.5 Å². The third-order valence-corrected chi connectivity index (χ3v) is 7.12. The van der Waals surface area contributed by atoms with Gasteiger partial charge >= 0.3 is 5.97 Å². The van der Waals surface area contributed by atoms with Gasteiger partial charge in [-0.15, -0.1) is 0 Å². The van der Waals surface area contributed by atoms with E-state index in [-0.39, 0.29) is 23.2 Å². The molecule has 4 aromatic rings. The number of carbonyl (C=O) groups is 2. The number of ether oxygens (including phenoxy) is 2. The number of carbonyl (C=O) groups excluding carboxylic acids is 2. The minimum atomic E-state index is -0.467. The smallest absolute Gasteiger partial charge is 0.344 e. The van der Waals surface area contributed by atoms with Gasteiger partial charge in [-0.25, -0.2) is 10.2 Å². The summed E-state index contributed by atoms with van der Waals surface area (Å²) in [6.07, 6.45) is 2.37. The van der Waals surface area contributed by atoms with E-state index in [1.54, 1.807) is 30.5 Å². The van der Waals surface area contributed by atoms with Crippen LogP contribution in [0.4, 0.5) is 0 Å². The van der Waals surface area contributed by atoms with Crippen LogP contribution in [0.1, 0.15) is 60.2 Å². The number of nitrogens with zero attached hydrogens (tertiary/aromatic N) is 1. The number of methoxy groups -OCH3 is 1. The summed E-state index contributed by atoms with van der Waals surface area (Å²) in [5.41, 5.74) is 6.40. The van der Waals surface area contributed by atoms with Gasteiger partial charge in [0.25, 0.3) is 0 Å². The van der Waals surface area contributed by atoms with Crippen molar-refractivity contribution in [3.63, 3.8) is 0 Å². The Morgan fingerprint density at radius 3 is 2.41 bits per heavy atom. The normalized spacial score (nSPS) is 16.7. The largest absolute Gasteiger partial charge is 0.493 e. The Morgan fingerprint density at radius 2 is 1.67 bits per heavy atom. The SMILES string of the molecule is COc1cc(/C=N/NC(=O)[C@H]2C[C@@H]2c2ccc(C(C)(C)C)cc2)ccc1OC(=O)c1cccc2ccccc12. The lowest BCUT2D eigenvalue weighted by molar-refractivity contribution is -0.122. The molecule has 1 fully saturated rings. The summed E-state index contributed by atoms with van der Waals surface area (Å²) in [5, 5.41) is 5.92. The van der Waals surface area contributed by atoms with Crippen LogP contribution < -0.4 is 14.9 Å². The van der Waals surface area contributed by atoms with Crippen molar-refractivity contribution in [2.24, 2.45) is 11.0 Å². The molecular formula is C33H32N2O4. The van der Waals surface area contributed by atoms with Crippen LogP contribution in [0, 0.1) is 5.92 Å². The number of esters is 1. The first-order valence-corrected chi connectivity index (χ1v) is 13.1. The van der Waals surface area contributed by atoms with Crippen LogP contribution in [0.2, 0.25) is 0 Å². The molecule has 0 bridgehead atoms. The molecule has 5 rings (SSSR count). The molecule has 1 saturated carbocycles. The number of fused-ring (bicyclic) bond motifs is 1. The summed E-state index contributed by atoms with van der Waals surface area (Å²) in [7, 11) is 1.51. The maximum atomic E-state index is 12.9. The van der Waals surface area contributed by atoms with Crippen molar-refractivity contribution in [1.82, 2.24) is 5.43 Å². The highest BCUT2D eigenvalue weighted by atomic mass is 16.6. The summed E-state index contributed by atoms with van der Waals surface area (Å²) in [4.78, 5) is 25.6. The van der Waals surface area contributed by atoms with Crippen LogP contribution in [0.15, 0.2) is 90.0 Å². The van der Waals surface area contributed by atoms with Gasteiger partial charge in [0, 0.05) is 5.92 Å². The standard InChI is InChI=1S/C33H32N2O4/c1-33(2,3)24-15-13-23(14-16-24)27-19-28(27)31(36)35-34-20-21-12-17-29(30(18-21)38-4)39-32(37)26-11-7-9-22-8-5-6-10-25(22)26/h5-18,20,27-28H,19H2,1-4H3,(H,35,36)/b34-20+/t27-,28+/m1/s1. The maximum absolute atomic E-state index is 12.9. The van der Waals surface area contributed by atoms with Gasteiger partial charge in [-0.2, -0.15) is 5.10 Å². The summed E-state index contributed by atoms with van der Waals surface area (Å²) in [5.74, 6) is 0.280. The molecule has 1 aliphatic rings. The van der Waals surface area contributed by atoms with E-state index in [0.29, 0.717) is 22.6 Å². The van der Waals surface area contributed by atoms with E-state index in [1.165, 1.54) is 18.2 Å². The molecule has 1 aliphatic carbocycles. The number of hydrogen-bond acceptors (Lipinski definition) is 5. The molecule has 0 radical (unpaired) electrons. The predicted octanol–water partition coefficient (Wildman–Crippen LogP) is 6.62. The second-order valence-electron chi connectivity index (χ2n) is 10.9. The van der Waals surface area contributed by atoms with Crippen LogP contribution in [0.25, 0.3) is 10.8 Å². The summed E-state index contributed by atoms with van der Waals surface area (Å²) in [6, 6.07) is 26.9. The first-order chi connectivity index (χ1) is 18.7. The van der Waals surface area contributed by atoms with Crippen molar-refractivity contribution in [3.8, 4) is 11.5 Å². The molecule has 6 nitrogen and oxygen atoms in total. The van der Waals surface area contributed by atoms with E-state index < -0.39 is 5.97 Å². The molecule has 0 unspecified atom stereocenters. The molecule has 1 amide bonds. The van der Waals surface area contributed by atoms with Gasteiger partial charge in [-0.05, 0) is 69.5 Å². The Morgan fingerprint density at radius 1 is 0.923 bits per heavy atom. The zero-order valence-corrected chi connectivity index (χ0v) is 22.6. The van der Waals surface area contributed by atoms with Crippen LogP contribution in [0.5, 0.6) is 11.5 Å². The monoisotopic (exact) mass is 520 g/mol. The van der Waals surface area contributed by atoms with E-state index in [9.17, 15) is 9.59 Å². The van der Waals surface area contributed by atoms with E-state index in [4.69, 9.17) is 9.47 Å². The number of hydrazone groups is 1. The molecule has 4 aromatic carbocycles. The van der Waals surface area contributed by atoms with E-state index in [2.05, 4.69) is 55.6 Å². The highest BCUT2D eigenvalue weighted by Crippen LogP contribution is 2.47. The summed E-state index contributed by atoms with van der Waals surface area (Å²) >= 11 is 0. The molecule has 0 spiro atoms. The highest BCUT2D eigenvalue weighted by molar-refractivity contribution is 6.05. The van der Waals surface area contributed by atoms with Crippen molar-refractivity contribution in [2.75, 3.05) is 7.11 Å². The quantitative estimate of drug-likeness (QED) is 0.129. The van der Waals surface area contributed by atoms with Gasteiger partial charge in [-0.1, -0.05) is 81.4 Å². The molecule has 6 heteroatoms. The molecule has 39 heavy (non-hydrogen) atoms. The average molecular weight is 521 g/mol. The molecule has 0 aliphatic heterocycles. The lowest BCUT2D eigenvalue weighted by atomic mass is 9.86. The number of hydrogen-bond donors (Lipinski definition) is 1. The highest BCUT2D eigenvalue weighted by Gasteiger charge is 2.44. The van der Waals surface area contributed by atoms with Gasteiger partial charge in [0.1, 0.15) is 0 Å². The lowest BCUT2D eigenvalue weighted by Gasteiger charge is -2.19. The number of nitrogens with one attached hydrogen (secondary N) is 1. The molecule has 0 aromatic heterocycles. The second-order valence-corrected chi connectivity index (χ2v) is 10.9. The topological polar surface area (TPSA) is 77.0 Å². The molecule has 0 heterocycles. The van der Waals surface area contributed by atoms with Crippen LogP contribution >= 0.6 is 0 Å². The molecule has 198 valence electrons. The van der Waals surface area contributed by atoms with Gasteiger partial charge in [0.15, 0.2) is 11.5 Å². The third-order valence-electron chi connectivity index (χ3n) is 7.12. The minimum Gasteiger partial charge on any atom is -0.493 e. The lowest BCUT2D eigenvalue weighted by Crippen LogP contribution is -2.20. The van der Waals surface area contributed by atoms with Crippen molar-refractivity contribution in [3.05, 3.63) is 107 Å². The van der Waals surface area contributed by atoms with Crippen molar-refractivity contribution >= 4 is 28.9 Å². The number of rotatable bonds is 7. The van der Waals surface area contributed by atoms with Gasteiger partial charge in [-0.3, -0.25) is 4.79 Å². The second kappa shape index (κ2) is 10.7. The zero-order valence-electron chi connectivity index (χ0n) is 22.6. The number of benzene rings is 4. The summed E-state index contributed by atoms with van der Waals surface area (Å²) in [6.45, 7) is 6.57.